The molecule has 2 fully saturated rings. The Balaban J connectivity index is 1.40. The second-order valence-electron chi connectivity index (χ2n) is 7.04. The minimum absolute atomic E-state index is 0.156. The number of allylic oxidation sites excluding steroid dienone is 2. The molecule has 0 unspecified atom stereocenters. The van der Waals surface area contributed by atoms with E-state index in [9.17, 15) is 4.79 Å². The van der Waals surface area contributed by atoms with Gasteiger partial charge in [-0.15, -0.1) is 0 Å². The number of nitrogens with one attached hydrogen (secondary N) is 1. The van der Waals surface area contributed by atoms with E-state index in [1.54, 1.807) is 0 Å². The van der Waals surface area contributed by atoms with Gasteiger partial charge in [-0.2, -0.15) is 0 Å². The summed E-state index contributed by atoms with van der Waals surface area (Å²) in [5.41, 5.74) is 2.09. The Kier molecular flexibility index (Phi) is 3.85. The average molecular weight is 312 g/mol. The van der Waals surface area contributed by atoms with Crippen LogP contribution < -0.4 is 10.2 Å². The van der Waals surface area contributed by atoms with E-state index in [2.05, 4.69) is 41.4 Å². The van der Waals surface area contributed by atoms with Crippen molar-refractivity contribution in [2.75, 3.05) is 30.0 Å². The number of benzene rings is 1. The molecule has 1 aliphatic heterocycles. The zero-order chi connectivity index (χ0) is 15.8. The zero-order valence-electron chi connectivity index (χ0n) is 13.6. The topological polar surface area (TPSA) is 41.6 Å². The van der Waals surface area contributed by atoms with E-state index in [1.807, 2.05) is 12.1 Å². The molecular formula is C19H24N2O2. The summed E-state index contributed by atoms with van der Waals surface area (Å²) in [6.45, 7) is 4.65. The lowest BCUT2D eigenvalue weighted by Crippen LogP contribution is -2.43. The first-order chi connectivity index (χ1) is 11.2. The summed E-state index contributed by atoms with van der Waals surface area (Å²) in [5, 5.41) is 3.09. The van der Waals surface area contributed by atoms with Gasteiger partial charge >= 0.3 is 0 Å². The van der Waals surface area contributed by atoms with E-state index in [-0.39, 0.29) is 11.8 Å². The quantitative estimate of drug-likeness (QED) is 0.872. The molecule has 2 aliphatic carbocycles. The van der Waals surface area contributed by atoms with Crippen LogP contribution in [0.3, 0.4) is 0 Å². The van der Waals surface area contributed by atoms with Crippen LogP contribution in [0.25, 0.3) is 0 Å². The third-order valence-corrected chi connectivity index (χ3v) is 5.45. The van der Waals surface area contributed by atoms with E-state index in [0.29, 0.717) is 17.9 Å². The van der Waals surface area contributed by atoms with Gasteiger partial charge in [-0.25, -0.2) is 0 Å². The SMILES string of the molecule is C[C@H]1COCCN1c1ccc(NC(=O)[C@@H]2C[C@H]3C=C[C@H]2C3)cc1. The number of morpholine rings is 1. The monoisotopic (exact) mass is 312 g/mol. The van der Waals surface area contributed by atoms with Crippen molar-refractivity contribution in [2.24, 2.45) is 17.8 Å². The highest BCUT2D eigenvalue weighted by molar-refractivity contribution is 5.93. The number of ether oxygens (including phenoxy) is 1. The van der Waals surface area contributed by atoms with E-state index in [1.165, 1.54) is 5.69 Å². The van der Waals surface area contributed by atoms with Crippen LogP contribution in [-0.4, -0.2) is 31.7 Å². The average Bonchev–Trinajstić information content (AvgIpc) is 3.19. The van der Waals surface area contributed by atoms with Crippen LogP contribution in [0.15, 0.2) is 36.4 Å². The minimum Gasteiger partial charge on any atom is -0.377 e. The van der Waals surface area contributed by atoms with Gasteiger partial charge in [0.05, 0.1) is 13.2 Å². The van der Waals surface area contributed by atoms with E-state index in [4.69, 9.17) is 4.74 Å². The number of rotatable bonds is 3. The molecule has 2 bridgehead atoms. The lowest BCUT2D eigenvalue weighted by atomic mass is 9.93. The Morgan fingerprint density at radius 3 is 2.70 bits per heavy atom. The second-order valence-corrected chi connectivity index (χ2v) is 7.04. The Bertz CT molecular complexity index is 610. The largest absolute Gasteiger partial charge is 0.377 e. The fourth-order valence-corrected chi connectivity index (χ4v) is 4.16. The zero-order valence-corrected chi connectivity index (χ0v) is 13.6. The highest BCUT2D eigenvalue weighted by Crippen LogP contribution is 2.43. The van der Waals surface area contributed by atoms with Crippen molar-refractivity contribution in [3.63, 3.8) is 0 Å². The molecule has 3 aliphatic rings. The van der Waals surface area contributed by atoms with Crippen LogP contribution in [0.5, 0.6) is 0 Å². The molecule has 0 spiro atoms. The van der Waals surface area contributed by atoms with Gasteiger partial charge in [-0.1, -0.05) is 12.2 Å². The number of anilines is 2. The molecule has 122 valence electrons. The van der Waals surface area contributed by atoms with Gasteiger partial charge in [-0.3, -0.25) is 4.79 Å². The van der Waals surface area contributed by atoms with Crippen molar-refractivity contribution in [2.45, 2.75) is 25.8 Å². The Morgan fingerprint density at radius 2 is 2.04 bits per heavy atom. The highest BCUT2D eigenvalue weighted by Gasteiger charge is 2.39. The normalized spacial score (nSPS) is 32.3. The van der Waals surface area contributed by atoms with Crippen molar-refractivity contribution in [1.82, 2.24) is 0 Å². The molecule has 1 N–H and O–H groups in total. The summed E-state index contributed by atoms with van der Waals surface area (Å²) < 4.78 is 5.49. The van der Waals surface area contributed by atoms with Gasteiger partial charge in [0.25, 0.3) is 0 Å². The van der Waals surface area contributed by atoms with Gasteiger partial charge in [0.15, 0.2) is 0 Å². The first-order valence-electron chi connectivity index (χ1n) is 8.64. The summed E-state index contributed by atoms with van der Waals surface area (Å²) in [6.07, 6.45) is 6.66. The van der Waals surface area contributed by atoms with E-state index in [0.717, 1.165) is 38.3 Å². The Hall–Kier alpha value is -1.81. The van der Waals surface area contributed by atoms with Gasteiger partial charge in [-0.05, 0) is 55.9 Å². The predicted octanol–water partition coefficient (Wildman–Crippen LogP) is 3.06. The summed E-state index contributed by atoms with van der Waals surface area (Å²) in [7, 11) is 0. The molecule has 1 aromatic carbocycles. The van der Waals surface area contributed by atoms with Gasteiger partial charge < -0.3 is 15.0 Å². The molecular weight excluding hydrogens is 288 g/mol. The van der Waals surface area contributed by atoms with Crippen LogP contribution in [0.2, 0.25) is 0 Å². The predicted molar refractivity (Wildman–Crippen MR) is 91.5 cm³/mol. The molecule has 23 heavy (non-hydrogen) atoms. The number of amides is 1. The van der Waals surface area contributed by atoms with Crippen molar-refractivity contribution < 1.29 is 9.53 Å². The molecule has 0 radical (unpaired) electrons. The number of hydrogen-bond donors (Lipinski definition) is 1. The van der Waals surface area contributed by atoms with Crippen molar-refractivity contribution in [3.05, 3.63) is 36.4 Å². The molecule has 4 nitrogen and oxygen atoms in total. The summed E-state index contributed by atoms with van der Waals surface area (Å²) in [4.78, 5) is 14.8. The summed E-state index contributed by atoms with van der Waals surface area (Å²) >= 11 is 0. The van der Waals surface area contributed by atoms with Crippen molar-refractivity contribution in [3.8, 4) is 0 Å². The number of carbonyl (C=O) groups is 1. The molecule has 1 heterocycles. The fourth-order valence-electron chi connectivity index (χ4n) is 4.16. The molecule has 4 heteroatoms. The summed E-state index contributed by atoms with van der Waals surface area (Å²) in [5.74, 6) is 1.41. The molecule has 4 atom stereocenters. The lowest BCUT2D eigenvalue weighted by molar-refractivity contribution is -0.120. The molecule has 1 aromatic rings. The Labute approximate surface area is 137 Å². The van der Waals surface area contributed by atoms with Crippen LogP contribution in [-0.2, 0) is 9.53 Å². The third kappa shape index (κ3) is 2.88. The maximum absolute atomic E-state index is 12.5. The number of hydrogen-bond acceptors (Lipinski definition) is 3. The van der Waals surface area contributed by atoms with Crippen LogP contribution in [0, 0.1) is 17.8 Å². The summed E-state index contributed by atoms with van der Waals surface area (Å²) in [6, 6.07) is 8.61. The fraction of sp³-hybridized carbons (Fsp3) is 0.526. The van der Waals surface area contributed by atoms with Crippen molar-refractivity contribution >= 4 is 17.3 Å². The minimum atomic E-state index is 0.156. The van der Waals surface area contributed by atoms with Crippen molar-refractivity contribution in [1.29, 1.82) is 0 Å². The molecule has 1 saturated heterocycles. The molecule has 4 rings (SSSR count). The molecule has 1 amide bonds. The maximum atomic E-state index is 12.5. The first-order valence-corrected chi connectivity index (χ1v) is 8.64. The number of fused-ring (bicyclic) bond motifs is 2. The Morgan fingerprint density at radius 1 is 1.22 bits per heavy atom. The first kappa shape index (κ1) is 14.8. The third-order valence-electron chi connectivity index (χ3n) is 5.45. The van der Waals surface area contributed by atoms with E-state index >= 15 is 0 Å². The molecule has 0 aromatic heterocycles. The van der Waals surface area contributed by atoms with Gasteiger partial charge in [0.2, 0.25) is 5.91 Å². The number of carbonyl (C=O) groups excluding carboxylic acids is 1. The maximum Gasteiger partial charge on any atom is 0.228 e. The molecule has 1 saturated carbocycles. The van der Waals surface area contributed by atoms with Gasteiger partial charge in [0, 0.05) is 29.9 Å². The van der Waals surface area contributed by atoms with Crippen LogP contribution >= 0.6 is 0 Å². The highest BCUT2D eigenvalue weighted by atomic mass is 16.5. The van der Waals surface area contributed by atoms with Crippen LogP contribution in [0.1, 0.15) is 19.8 Å². The van der Waals surface area contributed by atoms with Crippen LogP contribution in [0.4, 0.5) is 11.4 Å². The lowest BCUT2D eigenvalue weighted by Gasteiger charge is -2.35. The second kappa shape index (κ2) is 6.00. The van der Waals surface area contributed by atoms with E-state index < -0.39 is 0 Å². The number of nitrogens with zero attached hydrogens (tertiary/aromatic N) is 1. The standard InChI is InChI=1S/C19H24N2O2/c1-13-12-23-9-8-21(13)17-6-4-16(5-7-17)20-19(22)18-11-14-2-3-15(18)10-14/h2-7,13-15,18H,8-12H2,1H3,(H,20,22)/t13-,14-,15-,18+/m0/s1. The smallest absolute Gasteiger partial charge is 0.228 e. The van der Waals surface area contributed by atoms with Gasteiger partial charge in [0.1, 0.15) is 0 Å².